The predicted octanol–water partition coefficient (Wildman–Crippen LogP) is 7.06. The van der Waals surface area contributed by atoms with Gasteiger partial charge in [-0.25, -0.2) is 0 Å². The van der Waals surface area contributed by atoms with E-state index in [0.29, 0.717) is 13.0 Å². The molecule has 2 nitrogen and oxygen atoms in total. The quantitative estimate of drug-likeness (QED) is 0.351. The largest absolute Gasteiger partial charge is 0.466 e. The zero-order chi connectivity index (χ0) is 19.7. The third-order valence-electron chi connectivity index (χ3n) is 5.31. The maximum atomic E-state index is 12.5. The van der Waals surface area contributed by atoms with E-state index in [1.807, 2.05) is 25.1 Å². The molecule has 0 amide bonds. The first-order chi connectivity index (χ1) is 13.6. The van der Waals surface area contributed by atoms with Crippen LogP contribution in [-0.2, 0) is 9.53 Å². The van der Waals surface area contributed by atoms with Gasteiger partial charge >= 0.3 is 5.97 Å². The molecule has 1 atom stereocenters. The van der Waals surface area contributed by atoms with Crippen LogP contribution in [0.1, 0.15) is 41.9 Å². The Bertz CT molecular complexity index is 963. The standard InChI is InChI=1S/C24H20Br2O2/c1-2-28-23(27)14-20(15-6-4-3-5-7-15)24-21-12-16(25)8-10-18(21)19-11-9-17(26)13-22(19)24/h3-13,20,24H,2,14H2,1H3. The summed E-state index contributed by atoms with van der Waals surface area (Å²) >= 11 is 7.26. The van der Waals surface area contributed by atoms with Gasteiger partial charge < -0.3 is 4.74 Å². The Balaban J connectivity index is 1.89. The maximum absolute atomic E-state index is 12.5. The molecule has 0 spiro atoms. The van der Waals surface area contributed by atoms with Gasteiger partial charge in [0.2, 0.25) is 0 Å². The zero-order valence-electron chi connectivity index (χ0n) is 15.5. The summed E-state index contributed by atoms with van der Waals surface area (Å²) in [5.74, 6) is -0.0630. The lowest BCUT2D eigenvalue weighted by Gasteiger charge is -2.26. The van der Waals surface area contributed by atoms with Gasteiger partial charge in [-0.1, -0.05) is 74.3 Å². The molecule has 1 unspecified atom stereocenters. The van der Waals surface area contributed by atoms with E-state index in [2.05, 4.69) is 80.4 Å². The summed E-state index contributed by atoms with van der Waals surface area (Å²) < 4.78 is 7.41. The molecular formula is C24H20Br2O2. The van der Waals surface area contributed by atoms with Crippen LogP contribution < -0.4 is 0 Å². The highest BCUT2D eigenvalue weighted by Gasteiger charge is 2.36. The normalized spacial score (nSPS) is 13.7. The molecule has 3 aromatic rings. The van der Waals surface area contributed by atoms with Gasteiger partial charge in [0.1, 0.15) is 0 Å². The van der Waals surface area contributed by atoms with E-state index in [1.54, 1.807) is 0 Å². The molecule has 0 radical (unpaired) electrons. The van der Waals surface area contributed by atoms with Crippen molar-refractivity contribution >= 4 is 37.8 Å². The molecule has 4 rings (SSSR count). The van der Waals surface area contributed by atoms with Crippen molar-refractivity contribution in [3.8, 4) is 11.1 Å². The first-order valence-electron chi connectivity index (χ1n) is 9.38. The highest BCUT2D eigenvalue weighted by atomic mass is 79.9. The summed E-state index contributed by atoms with van der Waals surface area (Å²) in [5, 5.41) is 0. The number of benzene rings is 3. The number of hydrogen-bond donors (Lipinski definition) is 0. The van der Waals surface area contributed by atoms with Crippen molar-refractivity contribution in [2.24, 2.45) is 0 Å². The topological polar surface area (TPSA) is 26.3 Å². The fourth-order valence-electron chi connectivity index (χ4n) is 4.20. The van der Waals surface area contributed by atoms with Gasteiger partial charge in [-0.3, -0.25) is 4.79 Å². The Labute approximate surface area is 182 Å². The van der Waals surface area contributed by atoms with Crippen LogP contribution in [0.25, 0.3) is 11.1 Å². The lowest BCUT2D eigenvalue weighted by molar-refractivity contribution is -0.143. The zero-order valence-corrected chi connectivity index (χ0v) is 18.7. The van der Waals surface area contributed by atoms with Crippen molar-refractivity contribution in [1.29, 1.82) is 0 Å². The van der Waals surface area contributed by atoms with E-state index in [4.69, 9.17) is 4.74 Å². The molecule has 0 saturated heterocycles. The summed E-state index contributed by atoms with van der Waals surface area (Å²) in [6.45, 7) is 2.25. The number of halogens is 2. The fourth-order valence-corrected chi connectivity index (χ4v) is 4.96. The first-order valence-corrected chi connectivity index (χ1v) is 11.0. The van der Waals surface area contributed by atoms with Gasteiger partial charge in [0.15, 0.2) is 0 Å². The fraction of sp³-hybridized carbons (Fsp3) is 0.208. The van der Waals surface area contributed by atoms with Crippen molar-refractivity contribution in [3.05, 3.63) is 92.4 Å². The average molecular weight is 500 g/mol. The van der Waals surface area contributed by atoms with Gasteiger partial charge in [-0.05, 0) is 59.0 Å². The van der Waals surface area contributed by atoms with E-state index < -0.39 is 0 Å². The Morgan fingerprint density at radius 1 is 0.929 bits per heavy atom. The average Bonchev–Trinajstić information content (AvgIpc) is 2.99. The molecular weight excluding hydrogens is 480 g/mol. The molecule has 0 bridgehead atoms. The molecule has 0 saturated carbocycles. The molecule has 0 fully saturated rings. The second-order valence-electron chi connectivity index (χ2n) is 6.97. The Hall–Kier alpha value is -1.91. The molecule has 4 heteroatoms. The van der Waals surface area contributed by atoms with E-state index in [1.165, 1.54) is 22.3 Å². The van der Waals surface area contributed by atoms with Gasteiger partial charge in [0.05, 0.1) is 13.0 Å². The minimum atomic E-state index is -0.156. The molecule has 142 valence electrons. The van der Waals surface area contributed by atoms with Crippen LogP contribution >= 0.6 is 31.9 Å². The van der Waals surface area contributed by atoms with Gasteiger partial charge in [0.25, 0.3) is 0 Å². The molecule has 1 aliphatic carbocycles. The number of esters is 1. The maximum Gasteiger partial charge on any atom is 0.306 e. The number of rotatable bonds is 5. The minimum absolute atomic E-state index is 0.00356. The minimum Gasteiger partial charge on any atom is -0.466 e. The molecule has 0 aromatic heterocycles. The number of carbonyl (C=O) groups excluding carboxylic acids is 1. The third kappa shape index (κ3) is 3.68. The van der Waals surface area contributed by atoms with E-state index in [0.717, 1.165) is 14.5 Å². The van der Waals surface area contributed by atoms with E-state index in [-0.39, 0.29) is 17.8 Å². The third-order valence-corrected chi connectivity index (χ3v) is 6.30. The molecule has 0 heterocycles. The van der Waals surface area contributed by atoms with Gasteiger partial charge in [0, 0.05) is 20.8 Å². The van der Waals surface area contributed by atoms with Crippen LogP contribution in [0.3, 0.4) is 0 Å². The Kier molecular flexibility index (Phi) is 5.70. The summed E-state index contributed by atoms with van der Waals surface area (Å²) in [4.78, 5) is 12.5. The lowest BCUT2D eigenvalue weighted by Crippen LogP contribution is -2.17. The van der Waals surface area contributed by atoms with Crippen LogP contribution in [-0.4, -0.2) is 12.6 Å². The summed E-state index contributed by atoms with van der Waals surface area (Å²) in [6, 6.07) is 23.2. The van der Waals surface area contributed by atoms with Crippen LogP contribution in [0.15, 0.2) is 75.7 Å². The second kappa shape index (κ2) is 8.22. The monoisotopic (exact) mass is 498 g/mol. The van der Waals surface area contributed by atoms with Crippen LogP contribution in [0.4, 0.5) is 0 Å². The van der Waals surface area contributed by atoms with Crippen molar-refractivity contribution in [3.63, 3.8) is 0 Å². The Morgan fingerprint density at radius 2 is 1.50 bits per heavy atom. The van der Waals surface area contributed by atoms with Crippen molar-refractivity contribution in [2.75, 3.05) is 6.61 Å². The highest BCUT2D eigenvalue weighted by Crippen LogP contribution is 2.53. The van der Waals surface area contributed by atoms with Crippen LogP contribution in [0, 0.1) is 0 Å². The molecule has 0 N–H and O–H groups in total. The smallest absolute Gasteiger partial charge is 0.306 e. The first kappa shape index (κ1) is 19.4. The van der Waals surface area contributed by atoms with Crippen molar-refractivity contribution in [2.45, 2.75) is 25.2 Å². The van der Waals surface area contributed by atoms with Gasteiger partial charge in [-0.2, -0.15) is 0 Å². The SMILES string of the molecule is CCOC(=O)CC(c1ccccc1)C1c2cc(Br)ccc2-c2ccc(Br)cc21. The van der Waals surface area contributed by atoms with E-state index in [9.17, 15) is 4.79 Å². The van der Waals surface area contributed by atoms with Crippen LogP contribution in [0.2, 0.25) is 0 Å². The molecule has 1 aliphatic rings. The Morgan fingerprint density at radius 3 is 2.04 bits per heavy atom. The summed E-state index contributed by atoms with van der Waals surface area (Å²) in [5.41, 5.74) is 6.13. The van der Waals surface area contributed by atoms with Crippen molar-refractivity contribution in [1.82, 2.24) is 0 Å². The number of ether oxygens (including phenoxy) is 1. The second-order valence-corrected chi connectivity index (χ2v) is 8.80. The number of carbonyl (C=O) groups is 1. The predicted molar refractivity (Wildman–Crippen MR) is 120 cm³/mol. The summed E-state index contributed by atoms with van der Waals surface area (Å²) in [7, 11) is 0. The molecule has 3 aromatic carbocycles. The molecule has 28 heavy (non-hydrogen) atoms. The molecule has 0 aliphatic heterocycles. The van der Waals surface area contributed by atoms with Crippen LogP contribution in [0.5, 0.6) is 0 Å². The number of fused-ring (bicyclic) bond motifs is 3. The highest BCUT2D eigenvalue weighted by molar-refractivity contribution is 9.10. The van der Waals surface area contributed by atoms with Crippen molar-refractivity contribution < 1.29 is 9.53 Å². The van der Waals surface area contributed by atoms with E-state index >= 15 is 0 Å². The lowest BCUT2D eigenvalue weighted by atomic mass is 9.78. The van der Waals surface area contributed by atoms with Gasteiger partial charge in [-0.15, -0.1) is 0 Å². The number of hydrogen-bond acceptors (Lipinski definition) is 2. The summed E-state index contributed by atoms with van der Waals surface area (Å²) in [6.07, 6.45) is 0.348.